The maximum absolute atomic E-state index is 4.79. The fraction of sp³-hybridized carbons (Fsp3) is 0.0769. The zero-order chi connectivity index (χ0) is 10.3. The molecule has 1 unspecified atom stereocenters. The Hall–Kier alpha value is -1.33. The number of benzene rings is 2. The van der Waals surface area contributed by atoms with Crippen LogP contribution in [-0.2, 0) is 0 Å². The third-order valence-electron chi connectivity index (χ3n) is 2.80. The van der Waals surface area contributed by atoms with Crippen LogP contribution < -0.4 is 5.30 Å². The Kier molecular flexibility index (Phi) is 2.00. The molecule has 0 fully saturated rings. The van der Waals surface area contributed by atoms with E-state index in [0.29, 0.717) is 0 Å². The fourth-order valence-electron chi connectivity index (χ4n) is 2.07. The molecule has 0 N–H and O–H groups in total. The summed E-state index contributed by atoms with van der Waals surface area (Å²) in [5, 5.41) is 1.43. The minimum absolute atomic E-state index is 0.737. The Balaban J connectivity index is 2.39. The first-order chi connectivity index (χ1) is 7.36. The second-order valence-corrected chi connectivity index (χ2v) is 5.69. The number of rotatable bonds is 0. The summed E-state index contributed by atoms with van der Waals surface area (Å²) in [7, 11) is -0.737. The van der Waals surface area contributed by atoms with Gasteiger partial charge in [-0.25, -0.2) is 0 Å². The van der Waals surface area contributed by atoms with Crippen molar-refractivity contribution < 1.29 is 0 Å². The van der Waals surface area contributed by atoms with Crippen molar-refractivity contribution in [3.63, 3.8) is 0 Å². The Labute approximate surface area is 90.3 Å². The lowest BCUT2D eigenvalue weighted by atomic mass is 10.0. The lowest BCUT2D eigenvalue weighted by Crippen LogP contribution is -2.03. The topological polar surface area (TPSA) is 12.4 Å². The van der Waals surface area contributed by atoms with Crippen molar-refractivity contribution in [2.75, 3.05) is 6.66 Å². The third-order valence-corrected chi connectivity index (χ3v) is 4.59. The molecule has 0 aromatic heterocycles. The molecule has 1 heterocycles. The van der Waals surface area contributed by atoms with Gasteiger partial charge in [-0.2, -0.15) is 0 Å². The minimum atomic E-state index is -0.737. The van der Waals surface area contributed by atoms with E-state index in [2.05, 4.69) is 55.2 Å². The van der Waals surface area contributed by atoms with Crippen LogP contribution in [0, 0.1) is 0 Å². The fourth-order valence-corrected chi connectivity index (χ4v) is 3.70. The predicted octanol–water partition coefficient (Wildman–Crippen LogP) is 3.65. The van der Waals surface area contributed by atoms with E-state index in [4.69, 9.17) is 4.74 Å². The van der Waals surface area contributed by atoms with Gasteiger partial charge in [0.15, 0.2) is 0 Å². The summed E-state index contributed by atoms with van der Waals surface area (Å²) in [5.74, 6) is 0. The van der Waals surface area contributed by atoms with Gasteiger partial charge < -0.3 is 0 Å². The SMILES string of the molecule is C[PH]1=Nc2ccccc2-c2ccccc21. The molecule has 0 spiro atoms. The lowest BCUT2D eigenvalue weighted by Gasteiger charge is -2.17. The molecular weight excluding hydrogens is 201 g/mol. The van der Waals surface area contributed by atoms with Crippen LogP contribution in [0.3, 0.4) is 0 Å². The van der Waals surface area contributed by atoms with Crippen LogP contribution in [0.1, 0.15) is 0 Å². The van der Waals surface area contributed by atoms with E-state index in [-0.39, 0.29) is 0 Å². The maximum Gasteiger partial charge on any atom is 0.0692 e. The molecule has 0 amide bonds. The third kappa shape index (κ3) is 1.35. The summed E-state index contributed by atoms with van der Waals surface area (Å²) >= 11 is 0. The van der Waals surface area contributed by atoms with Gasteiger partial charge in [0.1, 0.15) is 0 Å². The van der Waals surface area contributed by atoms with Gasteiger partial charge in [0.05, 0.1) is 5.69 Å². The number of para-hydroxylation sites is 1. The first kappa shape index (κ1) is 8.94. The molecule has 15 heavy (non-hydrogen) atoms. The van der Waals surface area contributed by atoms with Gasteiger partial charge >= 0.3 is 0 Å². The van der Waals surface area contributed by atoms with Crippen LogP contribution in [0.15, 0.2) is 53.3 Å². The lowest BCUT2D eigenvalue weighted by molar-refractivity contribution is 1.52. The average molecular weight is 213 g/mol. The first-order valence-electron chi connectivity index (χ1n) is 5.10. The first-order valence-corrected chi connectivity index (χ1v) is 7.05. The van der Waals surface area contributed by atoms with Crippen LogP contribution in [-0.4, -0.2) is 6.66 Å². The van der Waals surface area contributed by atoms with E-state index in [1.54, 1.807) is 0 Å². The molecule has 0 radical (unpaired) electrons. The van der Waals surface area contributed by atoms with Crippen molar-refractivity contribution in [3.8, 4) is 11.1 Å². The van der Waals surface area contributed by atoms with Gasteiger partial charge in [-0.1, -0.05) is 42.5 Å². The Morgan fingerprint density at radius 1 is 0.867 bits per heavy atom. The van der Waals surface area contributed by atoms with E-state index in [9.17, 15) is 0 Å². The van der Waals surface area contributed by atoms with Crippen molar-refractivity contribution in [3.05, 3.63) is 48.5 Å². The smallest absolute Gasteiger partial charge is 0.0692 e. The van der Waals surface area contributed by atoms with Gasteiger partial charge in [-0.15, -0.1) is 0 Å². The molecule has 3 rings (SSSR count). The van der Waals surface area contributed by atoms with Gasteiger partial charge in [-0.05, 0) is 31.3 Å². The normalized spacial score (nSPS) is 17.5. The minimum Gasteiger partial charge on any atom is -0.266 e. The van der Waals surface area contributed by atoms with Crippen LogP contribution in [0.4, 0.5) is 5.69 Å². The highest BCUT2D eigenvalue weighted by molar-refractivity contribution is 7.55. The van der Waals surface area contributed by atoms with E-state index in [0.717, 1.165) is 5.69 Å². The summed E-state index contributed by atoms with van der Waals surface area (Å²) < 4.78 is 4.79. The molecule has 1 atom stereocenters. The Morgan fingerprint density at radius 2 is 1.53 bits per heavy atom. The van der Waals surface area contributed by atoms with Gasteiger partial charge in [-0.3, -0.25) is 4.74 Å². The molecule has 0 saturated heterocycles. The zero-order valence-electron chi connectivity index (χ0n) is 8.57. The van der Waals surface area contributed by atoms with Crippen molar-refractivity contribution >= 4 is 18.7 Å². The van der Waals surface area contributed by atoms with Crippen LogP contribution >= 0.6 is 7.71 Å². The van der Waals surface area contributed by atoms with E-state index >= 15 is 0 Å². The van der Waals surface area contributed by atoms with E-state index in [1.165, 1.54) is 16.4 Å². The summed E-state index contributed by atoms with van der Waals surface area (Å²) in [5.41, 5.74) is 3.82. The highest BCUT2D eigenvalue weighted by atomic mass is 31.1. The maximum atomic E-state index is 4.79. The molecule has 1 nitrogen and oxygen atoms in total. The van der Waals surface area contributed by atoms with Crippen LogP contribution in [0.25, 0.3) is 11.1 Å². The Bertz CT molecular complexity index is 558. The molecule has 2 aromatic carbocycles. The summed E-state index contributed by atoms with van der Waals surface area (Å²) in [4.78, 5) is 0. The van der Waals surface area contributed by atoms with Crippen molar-refractivity contribution in [2.24, 2.45) is 4.74 Å². The monoisotopic (exact) mass is 213 g/mol. The van der Waals surface area contributed by atoms with Crippen molar-refractivity contribution in [1.29, 1.82) is 0 Å². The van der Waals surface area contributed by atoms with Gasteiger partial charge in [0.2, 0.25) is 0 Å². The standard InChI is InChI=1S/C13H12NP/c1-15-13-9-5-3-7-11(13)10-6-2-4-8-12(10)14-15/h2-9,15H,1H3. The van der Waals surface area contributed by atoms with Crippen LogP contribution in [0.5, 0.6) is 0 Å². The van der Waals surface area contributed by atoms with Crippen molar-refractivity contribution in [2.45, 2.75) is 0 Å². The molecule has 0 bridgehead atoms. The molecule has 0 aliphatic carbocycles. The zero-order valence-corrected chi connectivity index (χ0v) is 9.57. The average Bonchev–Trinajstić information content (AvgIpc) is 2.30. The quantitative estimate of drug-likeness (QED) is 0.592. The number of hydrogen-bond acceptors (Lipinski definition) is 1. The number of nitrogens with zero attached hydrogens (tertiary/aromatic N) is 1. The molecule has 74 valence electrons. The molecule has 0 saturated carbocycles. The van der Waals surface area contributed by atoms with Crippen LogP contribution in [0.2, 0.25) is 0 Å². The van der Waals surface area contributed by atoms with Crippen molar-refractivity contribution in [1.82, 2.24) is 0 Å². The second-order valence-electron chi connectivity index (χ2n) is 3.76. The molecule has 2 heteroatoms. The second kappa shape index (κ2) is 3.36. The molecular formula is C13H12NP. The highest BCUT2D eigenvalue weighted by Crippen LogP contribution is 2.41. The number of hydrogen-bond donors (Lipinski definition) is 0. The summed E-state index contributed by atoms with van der Waals surface area (Å²) in [6.45, 7) is 2.25. The molecule has 1 aliphatic heterocycles. The number of fused-ring (bicyclic) bond motifs is 3. The molecule has 2 aromatic rings. The Morgan fingerprint density at radius 3 is 2.40 bits per heavy atom. The largest absolute Gasteiger partial charge is 0.266 e. The summed E-state index contributed by atoms with van der Waals surface area (Å²) in [6, 6.07) is 17.0. The molecule has 1 aliphatic rings. The predicted molar refractivity (Wildman–Crippen MR) is 67.8 cm³/mol. The highest BCUT2D eigenvalue weighted by Gasteiger charge is 2.14. The van der Waals surface area contributed by atoms with Gasteiger partial charge in [0.25, 0.3) is 0 Å². The van der Waals surface area contributed by atoms with Gasteiger partial charge in [0, 0.05) is 5.56 Å². The summed E-state index contributed by atoms with van der Waals surface area (Å²) in [6.07, 6.45) is 0. The van der Waals surface area contributed by atoms with E-state index in [1.807, 2.05) is 0 Å². The van der Waals surface area contributed by atoms with E-state index < -0.39 is 7.71 Å².